The zero-order chi connectivity index (χ0) is 21.4. The third kappa shape index (κ3) is 3.82. The number of urea groups is 1. The highest BCUT2D eigenvalue weighted by Crippen LogP contribution is 2.38. The van der Waals surface area contributed by atoms with Gasteiger partial charge in [-0.15, -0.1) is 10.2 Å². The highest BCUT2D eigenvalue weighted by atomic mass is 16.5. The summed E-state index contributed by atoms with van der Waals surface area (Å²) < 4.78 is 14.1. The van der Waals surface area contributed by atoms with Crippen LogP contribution in [0.15, 0.2) is 42.6 Å². The van der Waals surface area contributed by atoms with Crippen molar-refractivity contribution >= 4 is 11.7 Å². The van der Waals surface area contributed by atoms with E-state index in [-0.39, 0.29) is 18.2 Å². The summed E-state index contributed by atoms with van der Waals surface area (Å²) in [6.45, 7) is 2.17. The number of hydrogen-bond acceptors (Lipinski definition) is 6. The molecule has 3 atom stereocenters. The summed E-state index contributed by atoms with van der Waals surface area (Å²) in [5.41, 5.74) is 8.25. The lowest BCUT2D eigenvalue weighted by molar-refractivity contribution is 0.00144. The Balaban J connectivity index is 1.43. The lowest BCUT2D eigenvalue weighted by Gasteiger charge is -2.32. The smallest absolute Gasteiger partial charge is 0.312 e. The van der Waals surface area contributed by atoms with Crippen LogP contribution in [-0.2, 0) is 4.74 Å². The minimum atomic E-state index is -0.513. The number of nitrogens with one attached hydrogen (secondary N) is 1. The predicted octanol–water partition coefficient (Wildman–Crippen LogP) is 2.36. The largest absolute Gasteiger partial charge is 0.484 e. The zero-order valence-electron chi connectivity index (χ0n) is 17.4. The summed E-state index contributed by atoms with van der Waals surface area (Å²) in [5, 5.41) is 11.6. The van der Waals surface area contributed by atoms with Crippen molar-refractivity contribution in [3.63, 3.8) is 0 Å². The number of amides is 2. The molecule has 2 amide bonds. The van der Waals surface area contributed by atoms with Crippen LogP contribution >= 0.6 is 0 Å². The van der Waals surface area contributed by atoms with E-state index >= 15 is 0 Å². The van der Waals surface area contributed by atoms with Crippen molar-refractivity contribution in [3.8, 4) is 5.75 Å². The maximum atomic E-state index is 11.4. The summed E-state index contributed by atoms with van der Waals surface area (Å²) >= 11 is 0. The number of nitrogens with zero attached hydrogens (tertiary/aromatic N) is 4. The van der Waals surface area contributed by atoms with Gasteiger partial charge in [0.05, 0.1) is 31.5 Å². The molecule has 1 aromatic carbocycles. The molecule has 9 heteroatoms. The van der Waals surface area contributed by atoms with Gasteiger partial charge in [0.25, 0.3) is 0 Å². The monoisotopic (exact) mass is 422 g/mol. The molecule has 1 aliphatic carbocycles. The van der Waals surface area contributed by atoms with Gasteiger partial charge >= 0.3 is 6.03 Å². The van der Waals surface area contributed by atoms with Gasteiger partial charge in [0.1, 0.15) is 11.9 Å². The molecule has 31 heavy (non-hydrogen) atoms. The SMILES string of the molecule is CN1CCOC[C@@H]1c1nnc2ccc(O[C@@H]3CC[C@H](NC(N)=O)c4ccccc43)cn12. The fraction of sp³-hybridized carbons (Fsp3) is 0.409. The normalized spacial score (nSPS) is 24.0. The van der Waals surface area contributed by atoms with Crippen molar-refractivity contribution in [2.45, 2.75) is 31.0 Å². The number of ether oxygens (including phenoxy) is 2. The number of morpholine rings is 1. The summed E-state index contributed by atoms with van der Waals surface area (Å²) in [7, 11) is 2.07. The number of carbonyl (C=O) groups is 1. The first-order valence-corrected chi connectivity index (χ1v) is 10.5. The number of nitrogens with two attached hydrogens (primary N) is 1. The number of benzene rings is 1. The number of pyridine rings is 1. The third-order valence-corrected chi connectivity index (χ3v) is 6.13. The fourth-order valence-electron chi connectivity index (χ4n) is 4.50. The first kappa shape index (κ1) is 19.8. The average Bonchev–Trinajstić information content (AvgIpc) is 3.18. The van der Waals surface area contributed by atoms with Gasteiger partial charge in [-0.3, -0.25) is 9.30 Å². The Morgan fingerprint density at radius 2 is 2.03 bits per heavy atom. The van der Waals surface area contributed by atoms with Gasteiger partial charge in [-0.1, -0.05) is 24.3 Å². The summed E-state index contributed by atoms with van der Waals surface area (Å²) in [6.07, 6.45) is 3.37. The van der Waals surface area contributed by atoms with Crippen molar-refractivity contribution in [2.24, 2.45) is 5.73 Å². The van der Waals surface area contributed by atoms with Gasteiger partial charge in [0, 0.05) is 6.54 Å². The van der Waals surface area contributed by atoms with Crippen molar-refractivity contribution in [2.75, 3.05) is 26.8 Å². The number of carbonyl (C=O) groups excluding carboxylic acids is 1. The van der Waals surface area contributed by atoms with Crippen LogP contribution in [0.4, 0.5) is 4.79 Å². The Kier molecular flexibility index (Phi) is 5.21. The standard InChI is InChI=1S/C22H26N6O3/c1-27-10-11-30-13-18(27)21-26-25-20-9-6-14(12-28(20)21)31-19-8-7-17(24-22(23)29)15-4-2-3-5-16(15)19/h2-6,9,12,17-19H,7-8,10-11,13H2,1H3,(H3,23,24,29)/t17-,18+,19+/m0/s1. The van der Waals surface area contributed by atoms with Crippen LogP contribution in [0, 0.1) is 0 Å². The molecule has 3 aromatic rings. The molecule has 3 heterocycles. The Bertz CT molecular complexity index is 1100. The van der Waals surface area contributed by atoms with E-state index in [0.29, 0.717) is 6.61 Å². The van der Waals surface area contributed by atoms with Gasteiger partial charge in [-0.25, -0.2) is 4.79 Å². The highest BCUT2D eigenvalue weighted by molar-refractivity contribution is 5.72. The van der Waals surface area contributed by atoms with E-state index in [1.54, 1.807) is 0 Å². The van der Waals surface area contributed by atoms with Gasteiger partial charge in [0.15, 0.2) is 11.5 Å². The molecule has 2 aliphatic rings. The lowest BCUT2D eigenvalue weighted by atomic mass is 9.85. The van der Waals surface area contributed by atoms with E-state index in [9.17, 15) is 4.79 Å². The predicted molar refractivity (Wildman–Crippen MR) is 114 cm³/mol. The Morgan fingerprint density at radius 1 is 1.19 bits per heavy atom. The van der Waals surface area contributed by atoms with Gasteiger partial charge in [0.2, 0.25) is 0 Å². The van der Waals surface area contributed by atoms with Crippen LogP contribution < -0.4 is 15.8 Å². The first-order chi connectivity index (χ1) is 15.1. The topological polar surface area (TPSA) is 107 Å². The molecule has 162 valence electrons. The second kappa shape index (κ2) is 8.16. The summed E-state index contributed by atoms with van der Waals surface area (Å²) in [6, 6.07) is 11.3. The van der Waals surface area contributed by atoms with E-state index in [4.69, 9.17) is 15.2 Å². The Morgan fingerprint density at radius 3 is 2.84 bits per heavy atom. The van der Waals surface area contributed by atoms with Gasteiger partial charge in [-0.05, 0) is 43.1 Å². The average molecular weight is 422 g/mol. The number of likely N-dealkylation sites (N-methyl/N-ethyl adjacent to an activating group) is 1. The third-order valence-electron chi connectivity index (χ3n) is 6.13. The first-order valence-electron chi connectivity index (χ1n) is 10.5. The summed E-state index contributed by atoms with van der Waals surface area (Å²) in [5.74, 6) is 1.59. The quantitative estimate of drug-likeness (QED) is 0.668. The van der Waals surface area contributed by atoms with E-state index in [2.05, 4.69) is 27.5 Å². The number of rotatable bonds is 4. The minimum Gasteiger partial charge on any atom is -0.484 e. The molecule has 0 radical (unpaired) electrons. The van der Waals surface area contributed by atoms with E-state index in [1.165, 1.54) is 0 Å². The molecule has 0 spiro atoms. The molecule has 3 N–H and O–H groups in total. The van der Waals surface area contributed by atoms with Crippen LogP contribution in [0.3, 0.4) is 0 Å². The molecule has 9 nitrogen and oxygen atoms in total. The molecule has 1 saturated heterocycles. The van der Waals surface area contributed by atoms with Gasteiger partial charge in [-0.2, -0.15) is 0 Å². The van der Waals surface area contributed by atoms with Crippen molar-refractivity contribution in [1.82, 2.24) is 24.8 Å². The lowest BCUT2D eigenvalue weighted by Crippen LogP contribution is -2.37. The maximum absolute atomic E-state index is 11.4. The van der Waals surface area contributed by atoms with E-state index in [0.717, 1.165) is 54.3 Å². The van der Waals surface area contributed by atoms with Crippen LogP contribution in [-0.4, -0.2) is 52.3 Å². The van der Waals surface area contributed by atoms with Crippen molar-refractivity contribution in [3.05, 3.63) is 59.5 Å². The maximum Gasteiger partial charge on any atom is 0.312 e. The molecule has 1 aliphatic heterocycles. The molecule has 2 aromatic heterocycles. The Labute approximate surface area is 180 Å². The number of fused-ring (bicyclic) bond motifs is 2. The highest BCUT2D eigenvalue weighted by Gasteiger charge is 2.30. The molecule has 1 fully saturated rings. The van der Waals surface area contributed by atoms with Gasteiger partial charge < -0.3 is 20.5 Å². The Hall–Kier alpha value is -3.17. The van der Waals surface area contributed by atoms with E-state index in [1.807, 2.05) is 47.0 Å². The fourth-order valence-corrected chi connectivity index (χ4v) is 4.50. The van der Waals surface area contributed by atoms with Crippen LogP contribution in [0.5, 0.6) is 5.75 Å². The van der Waals surface area contributed by atoms with Crippen molar-refractivity contribution < 1.29 is 14.3 Å². The minimum absolute atomic E-state index is 0.0510. The van der Waals surface area contributed by atoms with E-state index < -0.39 is 6.03 Å². The summed E-state index contributed by atoms with van der Waals surface area (Å²) in [4.78, 5) is 13.6. The number of primary amides is 1. The van der Waals surface area contributed by atoms with Crippen LogP contribution in [0.2, 0.25) is 0 Å². The molecular formula is C22H26N6O3. The molecule has 5 rings (SSSR count). The number of aromatic nitrogens is 3. The molecule has 0 bridgehead atoms. The number of hydrogen-bond donors (Lipinski definition) is 2. The van der Waals surface area contributed by atoms with Crippen LogP contribution in [0.25, 0.3) is 5.65 Å². The second-order valence-electron chi connectivity index (χ2n) is 8.10. The molecule has 0 unspecified atom stereocenters. The second-order valence-corrected chi connectivity index (χ2v) is 8.10. The van der Waals surface area contributed by atoms with Crippen LogP contribution in [0.1, 0.15) is 48.0 Å². The zero-order valence-corrected chi connectivity index (χ0v) is 17.4. The van der Waals surface area contributed by atoms with Crippen molar-refractivity contribution in [1.29, 1.82) is 0 Å². The molecular weight excluding hydrogens is 396 g/mol. The molecule has 0 saturated carbocycles.